The first kappa shape index (κ1) is 29.0. The fourth-order valence-corrected chi connectivity index (χ4v) is 1.40. The van der Waals surface area contributed by atoms with Crippen molar-refractivity contribution in [3.05, 3.63) is 90.4 Å². The number of hydrogen-bond acceptors (Lipinski definition) is 6. The number of nitroso groups, excluding NO2 is 1. The Kier molecular flexibility index (Phi) is 15.7. The predicted molar refractivity (Wildman–Crippen MR) is 98.6 cm³/mol. The molecule has 2 aromatic rings. The summed E-state index contributed by atoms with van der Waals surface area (Å²) in [6, 6.07) is 16.8. The molecule has 11 heteroatoms. The molecule has 6 nitrogen and oxygen atoms in total. The third kappa shape index (κ3) is 14.4. The van der Waals surface area contributed by atoms with Crippen LogP contribution in [-0.2, 0) is 29.6 Å². The van der Waals surface area contributed by atoms with E-state index in [0.29, 0.717) is 0 Å². The molecule has 0 saturated carbocycles. The summed E-state index contributed by atoms with van der Waals surface area (Å²) in [5.41, 5.74) is -3.64. The van der Waals surface area contributed by atoms with Crippen molar-refractivity contribution in [1.29, 1.82) is 0 Å². The summed E-state index contributed by atoms with van der Waals surface area (Å²) in [6.07, 6.45) is 11.8. The Bertz CT molecular complexity index is 797. The van der Waals surface area contributed by atoms with E-state index in [1.807, 2.05) is 73.2 Å². The number of rotatable bonds is 1. The zero-order valence-corrected chi connectivity index (χ0v) is 17.5. The Balaban J connectivity index is 0. The SMILES string of the molecule is CN=O.O=S(=O)([O-])C(F)(F)F.[CH]1C=CC=C1.[Ru+2].[c-]1ccccc1-c1ccccn1. The van der Waals surface area contributed by atoms with Gasteiger partial charge in [0.15, 0.2) is 10.1 Å². The van der Waals surface area contributed by atoms with Crippen LogP contribution in [0.2, 0.25) is 0 Å². The molecule has 0 aliphatic heterocycles. The molecule has 0 unspecified atom stereocenters. The summed E-state index contributed by atoms with van der Waals surface area (Å²) in [6.45, 7) is 0. The van der Waals surface area contributed by atoms with Crippen LogP contribution in [0.15, 0.2) is 78.1 Å². The summed E-state index contributed by atoms with van der Waals surface area (Å²) < 4.78 is 58.9. The minimum atomic E-state index is -6.09. The number of benzene rings is 1. The van der Waals surface area contributed by atoms with E-state index in [1.54, 1.807) is 6.20 Å². The van der Waals surface area contributed by atoms with Gasteiger partial charge < -0.3 is 9.54 Å². The third-order valence-electron chi connectivity index (χ3n) is 2.49. The second kappa shape index (κ2) is 15.7. The zero-order chi connectivity index (χ0) is 21.5. The van der Waals surface area contributed by atoms with Gasteiger partial charge in [0.05, 0.1) is 7.05 Å². The largest absolute Gasteiger partial charge is 2.00 e. The average molecular weight is 514 g/mol. The maximum atomic E-state index is 10.7. The Hall–Kier alpha value is -2.23. The Labute approximate surface area is 180 Å². The van der Waals surface area contributed by atoms with Gasteiger partial charge in [-0.15, -0.1) is 35.9 Å². The zero-order valence-electron chi connectivity index (χ0n) is 14.9. The molecule has 1 aromatic carbocycles. The van der Waals surface area contributed by atoms with Crippen LogP contribution >= 0.6 is 0 Å². The second-order valence-corrected chi connectivity index (χ2v) is 5.91. The topological polar surface area (TPSA) is 99.5 Å². The molecular weight excluding hydrogens is 498 g/mol. The van der Waals surface area contributed by atoms with E-state index >= 15 is 0 Å². The van der Waals surface area contributed by atoms with E-state index in [2.05, 4.69) is 16.2 Å². The molecule has 1 aromatic heterocycles. The Morgan fingerprint density at radius 2 is 1.55 bits per heavy atom. The average Bonchev–Trinajstić information content (AvgIpc) is 3.23. The van der Waals surface area contributed by atoms with Gasteiger partial charge in [0, 0.05) is 12.6 Å². The van der Waals surface area contributed by atoms with Crippen LogP contribution in [0.5, 0.6) is 0 Å². The van der Waals surface area contributed by atoms with Crippen molar-refractivity contribution in [3.63, 3.8) is 0 Å². The summed E-state index contributed by atoms with van der Waals surface area (Å²) in [7, 11) is -4.90. The number of halogens is 3. The first-order valence-corrected chi connectivity index (χ1v) is 8.82. The number of hydrogen-bond donors (Lipinski definition) is 0. The molecule has 0 amide bonds. The van der Waals surface area contributed by atoms with Gasteiger partial charge in [-0.2, -0.15) is 18.1 Å². The minimum Gasteiger partial charge on any atom is -0.741 e. The molecule has 0 fully saturated rings. The molecule has 1 aliphatic carbocycles. The minimum absolute atomic E-state index is 0. The molecule has 0 spiro atoms. The van der Waals surface area contributed by atoms with Crippen molar-refractivity contribution in [2.75, 3.05) is 7.05 Å². The van der Waals surface area contributed by atoms with Gasteiger partial charge in [-0.1, -0.05) is 41.6 Å². The maximum absolute atomic E-state index is 10.7. The molecule has 157 valence electrons. The van der Waals surface area contributed by atoms with Crippen LogP contribution in [0.25, 0.3) is 11.3 Å². The van der Waals surface area contributed by atoms with E-state index in [4.69, 9.17) is 17.9 Å². The van der Waals surface area contributed by atoms with Crippen LogP contribution in [0.4, 0.5) is 13.2 Å². The number of alkyl halides is 3. The van der Waals surface area contributed by atoms with Crippen molar-refractivity contribution < 1.29 is 45.6 Å². The van der Waals surface area contributed by atoms with Gasteiger partial charge in [-0.3, -0.25) is 0 Å². The van der Waals surface area contributed by atoms with E-state index < -0.39 is 15.6 Å². The summed E-state index contributed by atoms with van der Waals surface area (Å²) in [5.74, 6) is 0. The predicted octanol–water partition coefficient (Wildman–Crippen LogP) is 4.30. The van der Waals surface area contributed by atoms with Crippen LogP contribution in [-0.4, -0.2) is 30.5 Å². The molecule has 0 atom stereocenters. The van der Waals surface area contributed by atoms with Gasteiger partial charge in [-0.05, 0) is 11.8 Å². The quantitative estimate of drug-likeness (QED) is 0.186. The van der Waals surface area contributed by atoms with Gasteiger partial charge in [-0.25, -0.2) is 8.42 Å². The van der Waals surface area contributed by atoms with E-state index in [0.717, 1.165) is 11.3 Å². The Morgan fingerprint density at radius 3 is 1.86 bits per heavy atom. The van der Waals surface area contributed by atoms with Crippen LogP contribution in [0.1, 0.15) is 0 Å². The second-order valence-electron chi connectivity index (χ2n) is 4.54. The number of nitrogens with zero attached hydrogens (tertiary/aromatic N) is 2. The maximum Gasteiger partial charge on any atom is 2.00 e. The monoisotopic (exact) mass is 515 g/mol. The standard InChI is InChI=1S/C11H8N.C5H5.CHF3O3S.CH3NO.Ru/c1-2-6-10(7-3-1)11-8-4-5-9-12-11;1-2-4-5-3-1;2-1(3,4)8(5,6)7;1-2-3;/h1-6,8-9H;1-5H;(H,5,6,7);1H3;/q-1;;;;+2/p-1. The van der Waals surface area contributed by atoms with Gasteiger partial charge in [0.1, 0.15) is 0 Å². The summed E-state index contributed by atoms with van der Waals surface area (Å²) in [5, 5.41) is 2.25. The molecule has 1 aliphatic rings. The molecular formula is C18H16F3N2O4RuS. The van der Waals surface area contributed by atoms with E-state index in [1.165, 1.54) is 7.05 Å². The number of pyridine rings is 1. The molecule has 29 heavy (non-hydrogen) atoms. The van der Waals surface area contributed by atoms with Crippen molar-refractivity contribution in [3.8, 4) is 11.3 Å². The van der Waals surface area contributed by atoms with Gasteiger partial charge >= 0.3 is 25.0 Å². The number of aromatic nitrogens is 1. The van der Waals surface area contributed by atoms with Crippen molar-refractivity contribution in [1.82, 2.24) is 4.98 Å². The molecule has 1 radical (unpaired) electrons. The van der Waals surface area contributed by atoms with Crippen LogP contribution < -0.4 is 0 Å². The van der Waals surface area contributed by atoms with Crippen molar-refractivity contribution in [2.45, 2.75) is 5.51 Å². The van der Waals surface area contributed by atoms with Crippen LogP contribution in [0.3, 0.4) is 0 Å². The first-order chi connectivity index (χ1) is 13.1. The molecule has 3 rings (SSSR count). The van der Waals surface area contributed by atoms with Gasteiger partial charge in [0.25, 0.3) is 0 Å². The summed E-state index contributed by atoms with van der Waals surface area (Å²) >= 11 is 0. The number of allylic oxidation sites excluding steroid dienone is 4. The Morgan fingerprint density at radius 1 is 1.03 bits per heavy atom. The van der Waals surface area contributed by atoms with Crippen molar-refractivity contribution >= 4 is 10.1 Å². The van der Waals surface area contributed by atoms with Crippen molar-refractivity contribution in [2.24, 2.45) is 5.18 Å². The fourth-order valence-electron chi connectivity index (χ4n) is 1.40. The normalized spacial score (nSPS) is 11.3. The van der Waals surface area contributed by atoms with E-state index in [9.17, 15) is 13.2 Å². The fraction of sp³-hybridized carbons (Fsp3) is 0.111. The molecule has 0 saturated heterocycles. The molecule has 1 heterocycles. The summed E-state index contributed by atoms with van der Waals surface area (Å²) in [4.78, 5) is 12.8. The third-order valence-corrected chi connectivity index (χ3v) is 3.06. The molecule has 0 N–H and O–H groups in total. The van der Waals surface area contributed by atoms with E-state index in [-0.39, 0.29) is 19.5 Å². The van der Waals surface area contributed by atoms with Gasteiger partial charge in [0.2, 0.25) is 0 Å². The first-order valence-electron chi connectivity index (χ1n) is 7.42. The van der Waals surface area contributed by atoms with Crippen LogP contribution in [0, 0.1) is 17.4 Å². The molecule has 0 bridgehead atoms. The smallest absolute Gasteiger partial charge is 0.741 e.